The number of hydrogen-bond acceptors (Lipinski definition) is 4. The van der Waals surface area contributed by atoms with Gasteiger partial charge in [0, 0.05) is 32.1 Å². The van der Waals surface area contributed by atoms with E-state index in [0.717, 1.165) is 22.4 Å². The Bertz CT molecular complexity index is 1030. The van der Waals surface area contributed by atoms with Gasteiger partial charge >= 0.3 is 0 Å². The van der Waals surface area contributed by atoms with E-state index in [1.54, 1.807) is 29.8 Å². The number of carbonyl (C=O) groups excluding carboxylic acids is 2. The summed E-state index contributed by atoms with van der Waals surface area (Å²) in [6, 6.07) is 9.43. The van der Waals surface area contributed by atoms with Gasteiger partial charge in [-0.25, -0.2) is 4.98 Å². The fourth-order valence-corrected chi connectivity index (χ4v) is 3.41. The molecule has 0 unspecified atom stereocenters. The van der Waals surface area contributed by atoms with Crippen LogP contribution in [0.5, 0.6) is 0 Å². The van der Waals surface area contributed by atoms with Gasteiger partial charge < -0.3 is 15.4 Å². The van der Waals surface area contributed by atoms with Gasteiger partial charge in [-0.05, 0) is 50.5 Å². The number of methoxy groups -OCH3 is 1. The quantitative estimate of drug-likeness (QED) is 0.602. The fraction of sp³-hybridized carbons (Fsp3) is 0.318. The number of pyridine rings is 1. The average molecular weight is 394 g/mol. The predicted molar refractivity (Wildman–Crippen MR) is 113 cm³/mol. The van der Waals surface area contributed by atoms with Gasteiger partial charge in [-0.3, -0.25) is 14.0 Å². The molecule has 0 aliphatic heterocycles. The third kappa shape index (κ3) is 4.46. The monoisotopic (exact) mass is 394 g/mol. The number of amides is 2. The van der Waals surface area contributed by atoms with Gasteiger partial charge in [0.25, 0.3) is 11.8 Å². The number of rotatable bonds is 7. The molecule has 3 rings (SSSR count). The number of imidazole rings is 1. The third-order valence-corrected chi connectivity index (χ3v) is 4.69. The highest BCUT2D eigenvalue weighted by atomic mass is 16.5. The number of hydrogen-bond donors (Lipinski definition) is 2. The maximum atomic E-state index is 13.0. The van der Waals surface area contributed by atoms with Crippen molar-refractivity contribution in [3.05, 3.63) is 64.7 Å². The van der Waals surface area contributed by atoms with Gasteiger partial charge in [0.2, 0.25) is 5.82 Å². The second kappa shape index (κ2) is 8.87. The van der Waals surface area contributed by atoms with Crippen molar-refractivity contribution in [3.8, 4) is 0 Å². The van der Waals surface area contributed by atoms with Crippen molar-refractivity contribution in [2.24, 2.45) is 0 Å². The molecule has 0 aliphatic carbocycles. The maximum absolute atomic E-state index is 13.0. The zero-order valence-corrected chi connectivity index (χ0v) is 17.2. The van der Waals surface area contributed by atoms with Crippen LogP contribution >= 0.6 is 0 Å². The topological polar surface area (TPSA) is 84.7 Å². The Morgan fingerprint density at radius 1 is 1.10 bits per heavy atom. The van der Waals surface area contributed by atoms with Crippen molar-refractivity contribution < 1.29 is 14.3 Å². The minimum Gasteiger partial charge on any atom is -0.385 e. The first kappa shape index (κ1) is 20.5. The second-order valence-electron chi connectivity index (χ2n) is 7.07. The number of nitrogens with one attached hydrogen (secondary N) is 2. The summed E-state index contributed by atoms with van der Waals surface area (Å²) in [5.41, 5.74) is 4.66. The SMILES string of the molecule is COCCCNC(=O)c1nc(C(=O)Nc2c(C)cc(C)cc2C)c2ccccn12. The molecule has 0 fully saturated rings. The van der Waals surface area contributed by atoms with E-state index in [2.05, 4.69) is 15.6 Å². The molecular weight excluding hydrogens is 368 g/mol. The van der Waals surface area contributed by atoms with Crippen LogP contribution in [0, 0.1) is 20.8 Å². The molecular formula is C22H26N4O3. The molecule has 0 aliphatic rings. The molecule has 2 heterocycles. The molecule has 7 nitrogen and oxygen atoms in total. The first-order chi connectivity index (χ1) is 13.9. The van der Waals surface area contributed by atoms with Crippen molar-refractivity contribution >= 4 is 23.0 Å². The van der Waals surface area contributed by atoms with Crippen molar-refractivity contribution in [3.63, 3.8) is 0 Å². The Balaban J connectivity index is 1.90. The normalized spacial score (nSPS) is 10.9. The first-order valence-corrected chi connectivity index (χ1v) is 9.55. The highest BCUT2D eigenvalue weighted by Crippen LogP contribution is 2.23. The zero-order chi connectivity index (χ0) is 21.0. The van der Waals surface area contributed by atoms with E-state index in [-0.39, 0.29) is 23.3 Å². The lowest BCUT2D eigenvalue weighted by Crippen LogP contribution is -2.27. The van der Waals surface area contributed by atoms with Gasteiger partial charge in [0.15, 0.2) is 5.69 Å². The van der Waals surface area contributed by atoms with Crippen molar-refractivity contribution in [1.29, 1.82) is 0 Å². The van der Waals surface area contributed by atoms with Gasteiger partial charge in [0.05, 0.1) is 5.52 Å². The molecule has 2 N–H and O–H groups in total. The summed E-state index contributed by atoms with van der Waals surface area (Å²) in [4.78, 5) is 30.0. The molecule has 1 aromatic carbocycles. The number of benzene rings is 1. The second-order valence-corrected chi connectivity index (χ2v) is 7.07. The van der Waals surface area contributed by atoms with Crippen LogP contribution in [0.1, 0.15) is 44.2 Å². The molecule has 0 spiro atoms. The summed E-state index contributed by atoms with van der Waals surface area (Å²) in [5.74, 6) is -0.494. The Hall–Kier alpha value is -3.19. The van der Waals surface area contributed by atoms with Gasteiger partial charge in [-0.1, -0.05) is 23.8 Å². The van der Waals surface area contributed by atoms with Crippen LogP contribution in [-0.4, -0.2) is 41.5 Å². The van der Waals surface area contributed by atoms with Crippen LogP contribution in [-0.2, 0) is 4.74 Å². The van der Waals surface area contributed by atoms with Crippen molar-refractivity contribution in [2.45, 2.75) is 27.2 Å². The molecule has 29 heavy (non-hydrogen) atoms. The van der Waals surface area contributed by atoms with Crippen molar-refractivity contribution in [1.82, 2.24) is 14.7 Å². The Morgan fingerprint density at radius 2 is 1.83 bits per heavy atom. The minimum atomic E-state index is -0.345. The van der Waals surface area contributed by atoms with Crippen LogP contribution < -0.4 is 10.6 Å². The van der Waals surface area contributed by atoms with Crippen LogP contribution in [0.3, 0.4) is 0 Å². The van der Waals surface area contributed by atoms with Crippen LogP contribution in [0.25, 0.3) is 5.52 Å². The van der Waals surface area contributed by atoms with E-state index < -0.39 is 0 Å². The minimum absolute atomic E-state index is 0.181. The van der Waals surface area contributed by atoms with E-state index in [1.165, 1.54) is 0 Å². The van der Waals surface area contributed by atoms with Crippen LogP contribution in [0.2, 0.25) is 0 Å². The molecule has 3 aromatic rings. The molecule has 0 radical (unpaired) electrons. The van der Waals surface area contributed by atoms with Crippen LogP contribution in [0.15, 0.2) is 36.5 Å². The summed E-state index contributed by atoms with van der Waals surface area (Å²) in [6.45, 7) is 6.97. The molecule has 2 aromatic heterocycles. The van der Waals surface area contributed by atoms with E-state index >= 15 is 0 Å². The summed E-state index contributed by atoms with van der Waals surface area (Å²) >= 11 is 0. The van der Waals surface area contributed by atoms with Crippen LogP contribution in [0.4, 0.5) is 5.69 Å². The van der Waals surface area contributed by atoms with Crippen molar-refractivity contribution in [2.75, 3.05) is 25.6 Å². The molecule has 2 amide bonds. The molecule has 0 atom stereocenters. The average Bonchev–Trinajstić information content (AvgIpc) is 3.08. The first-order valence-electron chi connectivity index (χ1n) is 9.55. The van der Waals surface area contributed by atoms with E-state index in [0.29, 0.717) is 25.1 Å². The third-order valence-electron chi connectivity index (χ3n) is 4.69. The summed E-state index contributed by atoms with van der Waals surface area (Å²) in [5, 5.41) is 5.78. The van der Waals surface area contributed by atoms with E-state index in [4.69, 9.17) is 4.74 Å². The molecule has 0 saturated carbocycles. The number of fused-ring (bicyclic) bond motifs is 1. The molecule has 7 heteroatoms. The Labute approximate surface area is 170 Å². The highest BCUT2D eigenvalue weighted by Gasteiger charge is 2.22. The number of carbonyl (C=O) groups is 2. The summed E-state index contributed by atoms with van der Waals surface area (Å²) in [6.07, 6.45) is 2.43. The molecule has 0 saturated heterocycles. The standard InChI is InChI=1S/C22H26N4O3/c1-14-12-15(2)18(16(3)13-14)25-21(27)19-17-8-5-6-10-26(17)20(24-19)22(28)23-9-7-11-29-4/h5-6,8,10,12-13H,7,9,11H2,1-4H3,(H,23,28)(H,25,27). The Morgan fingerprint density at radius 3 is 2.52 bits per heavy atom. The molecule has 152 valence electrons. The smallest absolute Gasteiger partial charge is 0.287 e. The maximum Gasteiger partial charge on any atom is 0.287 e. The van der Waals surface area contributed by atoms with Gasteiger partial charge in [-0.15, -0.1) is 0 Å². The number of aromatic nitrogens is 2. The number of anilines is 1. The fourth-order valence-electron chi connectivity index (χ4n) is 3.41. The lowest BCUT2D eigenvalue weighted by Gasteiger charge is -2.12. The lowest BCUT2D eigenvalue weighted by molar-refractivity contribution is 0.0937. The Kier molecular flexibility index (Phi) is 6.29. The summed E-state index contributed by atoms with van der Waals surface area (Å²) < 4.78 is 6.63. The number of ether oxygens (including phenoxy) is 1. The highest BCUT2D eigenvalue weighted by molar-refractivity contribution is 6.09. The van der Waals surface area contributed by atoms with Gasteiger partial charge in [0.1, 0.15) is 0 Å². The van der Waals surface area contributed by atoms with Gasteiger partial charge in [-0.2, -0.15) is 0 Å². The summed E-state index contributed by atoms with van der Waals surface area (Å²) in [7, 11) is 1.62. The number of aryl methyl sites for hydroxylation is 3. The number of nitrogens with zero attached hydrogens (tertiary/aromatic N) is 2. The largest absolute Gasteiger partial charge is 0.385 e. The molecule has 0 bridgehead atoms. The zero-order valence-electron chi connectivity index (χ0n) is 17.2. The lowest BCUT2D eigenvalue weighted by atomic mass is 10.0. The van der Waals surface area contributed by atoms with E-state index in [1.807, 2.05) is 39.0 Å². The predicted octanol–water partition coefficient (Wildman–Crippen LogP) is 3.28. The van der Waals surface area contributed by atoms with E-state index in [9.17, 15) is 9.59 Å².